The van der Waals surface area contributed by atoms with E-state index in [0.717, 1.165) is 16.7 Å². The minimum absolute atomic E-state index is 0.0160. The van der Waals surface area contributed by atoms with Gasteiger partial charge in [0.2, 0.25) is 0 Å². The molecular weight excluding hydrogens is 811 g/mol. The lowest BCUT2D eigenvalue weighted by atomic mass is 10.1. The number of benzene rings is 5. The Hall–Kier alpha value is -8.64. The van der Waals surface area contributed by atoms with Gasteiger partial charge in [-0.2, -0.15) is 0 Å². The Morgan fingerprint density at radius 1 is 0.587 bits per heavy atom. The highest BCUT2D eigenvalue weighted by atomic mass is 16.6. The third-order valence-corrected chi connectivity index (χ3v) is 7.73. The molecule has 1 aromatic heterocycles. The second kappa shape index (κ2) is 28.7. The van der Waals surface area contributed by atoms with Crippen LogP contribution in [0, 0.1) is 12.3 Å². The van der Waals surface area contributed by atoms with E-state index in [9.17, 15) is 24.6 Å². The maximum absolute atomic E-state index is 11.6. The van der Waals surface area contributed by atoms with Crippen LogP contribution < -0.4 is 0 Å². The van der Waals surface area contributed by atoms with E-state index in [0.29, 0.717) is 36.7 Å². The van der Waals surface area contributed by atoms with E-state index in [1.807, 2.05) is 97.1 Å². The molecule has 0 atom stereocenters. The molecule has 0 fully saturated rings. The van der Waals surface area contributed by atoms with Gasteiger partial charge >= 0.3 is 17.9 Å². The summed E-state index contributed by atoms with van der Waals surface area (Å²) >= 11 is 0. The summed E-state index contributed by atoms with van der Waals surface area (Å²) in [5.74, 6) is 0.507. The van der Waals surface area contributed by atoms with E-state index in [1.54, 1.807) is 36.6 Å². The lowest BCUT2D eigenvalue weighted by molar-refractivity contribution is -0.133. The number of furan rings is 1. The summed E-state index contributed by atoms with van der Waals surface area (Å²) in [6, 6.07) is 41.6. The van der Waals surface area contributed by atoms with Crippen molar-refractivity contribution in [1.29, 1.82) is 0 Å². The molecule has 15 nitrogen and oxygen atoms in total. The molecule has 5 aromatic carbocycles. The lowest BCUT2D eigenvalue weighted by Gasteiger charge is -2.04. The number of carbonyl (C=O) groups excluding carboxylic acids is 3. The predicted molar refractivity (Wildman–Crippen MR) is 235 cm³/mol. The van der Waals surface area contributed by atoms with Gasteiger partial charge in [0.05, 0.1) is 45.6 Å². The van der Waals surface area contributed by atoms with Crippen LogP contribution in [0.1, 0.15) is 54.3 Å². The van der Waals surface area contributed by atoms with Gasteiger partial charge in [0.1, 0.15) is 48.9 Å². The first-order chi connectivity index (χ1) is 30.7. The summed E-state index contributed by atoms with van der Waals surface area (Å²) < 4.78 is 18.3. The number of methoxy groups -OCH3 is 3. The summed E-state index contributed by atoms with van der Waals surface area (Å²) in [5, 5.41) is 30.5. The molecule has 1 heterocycles. The first-order valence-corrected chi connectivity index (χ1v) is 18.7. The molecule has 324 valence electrons. The summed E-state index contributed by atoms with van der Waals surface area (Å²) in [4.78, 5) is 48.2. The molecule has 0 radical (unpaired) electrons. The van der Waals surface area contributed by atoms with Crippen LogP contribution in [0.3, 0.4) is 0 Å². The molecule has 0 amide bonds. The van der Waals surface area contributed by atoms with Crippen molar-refractivity contribution in [2.75, 3.05) is 21.3 Å². The average Bonchev–Trinajstić information content (AvgIpc) is 3.86. The number of ether oxygens (including phenoxy) is 3. The lowest BCUT2D eigenvalue weighted by Crippen LogP contribution is -2.05. The van der Waals surface area contributed by atoms with Gasteiger partial charge in [0.25, 0.3) is 0 Å². The fraction of sp³-hybridized carbons (Fsp3) is 0.125. The number of aromatic hydroxyl groups is 2. The fourth-order valence-electron chi connectivity index (χ4n) is 4.61. The molecule has 0 bridgehead atoms. The largest absolute Gasteiger partial charge is 0.508 e. The molecule has 0 saturated heterocycles. The van der Waals surface area contributed by atoms with Crippen molar-refractivity contribution < 1.29 is 57.7 Å². The Kier molecular flexibility index (Phi) is 22.2. The molecule has 0 aliphatic carbocycles. The van der Waals surface area contributed by atoms with Crippen LogP contribution in [0.25, 0.3) is 0 Å². The zero-order valence-corrected chi connectivity index (χ0v) is 34.6. The Labute approximate surface area is 364 Å². The zero-order valence-electron chi connectivity index (χ0n) is 34.6. The number of terminal acetylenes is 1. The second-order valence-electron chi connectivity index (χ2n) is 12.2. The van der Waals surface area contributed by atoms with Gasteiger partial charge in [0.15, 0.2) is 0 Å². The van der Waals surface area contributed by atoms with Crippen LogP contribution in [0.2, 0.25) is 0 Å². The van der Waals surface area contributed by atoms with Gasteiger partial charge in [-0.15, -0.1) is 6.42 Å². The number of hydrogen-bond donors (Lipinski definition) is 2. The molecule has 6 aromatic rings. The number of oxime groups is 3. The SMILES string of the molecule is C#CC(=O)OC.C(=N\OCc1ccccc1)/c1ccco1.COC(=O)c1cc(/C=N\OCc2ccccc2)ccc1O.COC(=O)c1cc(O)ccc1/C=N\OCc1ccccc1. The van der Waals surface area contributed by atoms with Crippen molar-refractivity contribution in [3.8, 4) is 23.8 Å². The van der Waals surface area contributed by atoms with E-state index in [-0.39, 0.29) is 22.6 Å². The van der Waals surface area contributed by atoms with Gasteiger partial charge in [-0.1, -0.05) is 106 Å². The Morgan fingerprint density at radius 3 is 1.56 bits per heavy atom. The zero-order chi connectivity index (χ0) is 45.5. The molecule has 0 aliphatic rings. The van der Waals surface area contributed by atoms with Crippen molar-refractivity contribution in [2.24, 2.45) is 15.5 Å². The van der Waals surface area contributed by atoms with Gasteiger partial charge < -0.3 is 43.4 Å². The molecule has 0 aliphatic heterocycles. The minimum Gasteiger partial charge on any atom is -0.508 e. The molecule has 6 rings (SSSR count). The van der Waals surface area contributed by atoms with Crippen LogP contribution in [-0.4, -0.2) is 68.1 Å². The third-order valence-electron chi connectivity index (χ3n) is 7.73. The van der Waals surface area contributed by atoms with Crippen LogP contribution in [0.4, 0.5) is 0 Å². The van der Waals surface area contributed by atoms with Crippen LogP contribution in [0.15, 0.2) is 166 Å². The van der Waals surface area contributed by atoms with E-state index < -0.39 is 17.9 Å². The summed E-state index contributed by atoms with van der Waals surface area (Å²) in [6.45, 7) is 1.17. The highest BCUT2D eigenvalue weighted by Crippen LogP contribution is 2.19. The number of hydrogen-bond acceptors (Lipinski definition) is 15. The van der Waals surface area contributed by atoms with E-state index in [2.05, 4.69) is 36.1 Å². The summed E-state index contributed by atoms with van der Waals surface area (Å²) in [5.41, 5.74) is 4.54. The number of phenolic OH excluding ortho intramolecular Hbond substituents is 2. The van der Waals surface area contributed by atoms with Gasteiger partial charge in [0, 0.05) is 11.5 Å². The van der Waals surface area contributed by atoms with Gasteiger partial charge in [-0.05, 0) is 70.8 Å². The van der Waals surface area contributed by atoms with Crippen LogP contribution >= 0.6 is 0 Å². The third kappa shape index (κ3) is 19.3. The molecule has 15 heteroatoms. The fourth-order valence-corrected chi connectivity index (χ4v) is 4.61. The van der Waals surface area contributed by atoms with Crippen molar-refractivity contribution in [3.63, 3.8) is 0 Å². The molecule has 0 saturated carbocycles. The highest BCUT2D eigenvalue weighted by molar-refractivity contribution is 5.99. The number of esters is 3. The quantitative estimate of drug-likeness (QED) is 0.0267. The predicted octanol–water partition coefficient (Wildman–Crippen LogP) is 8.08. The number of phenols is 2. The number of rotatable bonds is 14. The standard InChI is InChI=1S/2C16H15NO4.C12H11NO2.C4H4O2/c1-20-16(19)15-9-14(18)8-7-13(15)10-17-21-11-12-5-3-2-4-6-12;1-20-16(19)14-9-13(7-8-15(14)18)10-17-21-11-12-5-3-2-4-6-12;1-2-5-11(6-3-1)10-15-13-9-12-7-4-8-14-12;1-3-4(5)6-2/h2*2-10,18H,11H2,1H3;1-9H,10H2;1H,2H3/b2*17-10-;13-9+;. The normalized spacial score (nSPS) is 10.1. The maximum Gasteiger partial charge on any atom is 0.383 e. The first kappa shape index (κ1) is 48.7. The molecule has 63 heavy (non-hydrogen) atoms. The van der Waals surface area contributed by atoms with E-state index in [4.69, 9.17) is 18.9 Å². The van der Waals surface area contributed by atoms with Crippen LogP contribution in [-0.2, 0) is 53.3 Å². The number of nitrogens with zero attached hydrogens (tertiary/aromatic N) is 3. The second-order valence-corrected chi connectivity index (χ2v) is 12.2. The van der Waals surface area contributed by atoms with E-state index >= 15 is 0 Å². The van der Waals surface area contributed by atoms with Crippen molar-refractivity contribution in [1.82, 2.24) is 0 Å². The van der Waals surface area contributed by atoms with E-state index in [1.165, 1.54) is 58.0 Å². The molecule has 0 unspecified atom stereocenters. The highest BCUT2D eigenvalue weighted by Gasteiger charge is 2.12. The Morgan fingerprint density at radius 2 is 1.10 bits per heavy atom. The Balaban J connectivity index is 0.000000239. The topological polar surface area (TPSA) is 197 Å². The molecule has 2 N–H and O–H groups in total. The van der Waals surface area contributed by atoms with Gasteiger partial charge in [-0.3, -0.25) is 0 Å². The number of carbonyl (C=O) groups is 3. The molecule has 0 spiro atoms. The van der Waals surface area contributed by atoms with Crippen molar-refractivity contribution >= 4 is 36.6 Å². The van der Waals surface area contributed by atoms with Crippen molar-refractivity contribution in [3.05, 3.63) is 190 Å². The van der Waals surface area contributed by atoms with Gasteiger partial charge in [-0.25, -0.2) is 14.4 Å². The minimum atomic E-state index is -0.630. The average molecular weight is 856 g/mol. The monoisotopic (exact) mass is 855 g/mol. The van der Waals surface area contributed by atoms with Crippen molar-refractivity contribution in [2.45, 2.75) is 19.8 Å². The summed E-state index contributed by atoms with van der Waals surface area (Å²) in [6.07, 6.45) is 10.6. The summed E-state index contributed by atoms with van der Waals surface area (Å²) in [7, 11) is 3.77. The maximum atomic E-state index is 11.6. The molecular formula is C48H45N3O12. The first-order valence-electron chi connectivity index (χ1n) is 18.7. The Bertz CT molecular complexity index is 2400. The smallest absolute Gasteiger partial charge is 0.383 e. The van der Waals surface area contributed by atoms with Crippen LogP contribution in [0.5, 0.6) is 11.5 Å².